The number of rotatable bonds is 4. The predicted molar refractivity (Wildman–Crippen MR) is 135 cm³/mol. The van der Waals surface area contributed by atoms with Gasteiger partial charge in [0.05, 0.1) is 28.3 Å². The number of thioether (sulfide) groups is 1. The van der Waals surface area contributed by atoms with E-state index >= 15 is 0 Å². The third-order valence-corrected chi connectivity index (χ3v) is 10.0. The van der Waals surface area contributed by atoms with E-state index in [4.69, 9.17) is 11.6 Å². The Morgan fingerprint density at radius 3 is 2.61 bits per heavy atom. The zero-order chi connectivity index (χ0) is 23.0. The maximum absolute atomic E-state index is 13.1. The summed E-state index contributed by atoms with van der Waals surface area (Å²) in [5, 5.41) is 4.33. The molecule has 1 N–H and O–H groups in total. The van der Waals surface area contributed by atoms with Gasteiger partial charge in [0.1, 0.15) is 0 Å². The molecule has 9 heteroatoms. The second kappa shape index (κ2) is 9.31. The summed E-state index contributed by atoms with van der Waals surface area (Å²) in [6.45, 7) is 1.50. The van der Waals surface area contributed by atoms with Crippen LogP contribution in [0.1, 0.15) is 28.8 Å². The normalized spacial score (nSPS) is 24.4. The van der Waals surface area contributed by atoms with Crippen LogP contribution in [0, 0.1) is 5.92 Å². The van der Waals surface area contributed by atoms with E-state index in [1.807, 2.05) is 11.0 Å². The van der Waals surface area contributed by atoms with Crippen molar-refractivity contribution in [1.82, 2.24) is 4.90 Å². The number of hydrogen-bond donors (Lipinski definition) is 1. The van der Waals surface area contributed by atoms with E-state index in [-0.39, 0.29) is 28.7 Å². The fourth-order valence-electron chi connectivity index (χ4n) is 4.76. The molecular formula is C24H26ClN3O3S2. The zero-order valence-electron chi connectivity index (χ0n) is 18.1. The molecule has 0 aliphatic carbocycles. The first-order chi connectivity index (χ1) is 15.9. The Labute approximate surface area is 203 Å². The Balaban J connectivity index is 1.21. The highest BCUT2D eigenvalue weighted by Crippen LogP contribution is 2.36. The van der Waals surface area contributed by atoms with Gasteiger partial charge in [-0.25, -0.2) is 8.42 Å². The van der Waals surface area contributed by atoms with Crippen LogP contribution in [-0.2, 0) is 16.3 Å². The van der Waals surface area contributed by atoms with Gasteiger partial charge in [-0.05, 0) is 48.9 Å². The maximum Gasteiger partial charge on any atom is 0.253 e. The SMILES string of the molecule is O=C(c1ccc(Cl)c(NC2=N[C@H]3CS(=O)(=O)C[C@H]3S2)c1)N1CCC(Cc2ccccc2)CC1. The molecular weight excluding hydrogens is 478 g/mol. The number of fused-ring (bicyclic) bond motifs is 1. The highest BCUT2D eigenvalue weighted by Gasteiger charge is 2.42. The Hall–Kier alpha value is -2.03. The highest BCUT2D eigenvalue weighted by atomic mass is 35.5. The van der Waals surface area contributed by atoms with Crippen molar-refractivity contribution < 1.29 is 13.2 Å². The van der Waals surface area contributed by atoms with Crippen molar-refractivity contribution >= 4 is 50.0 Å². The Kier molecular flexibility index (Phi) is 6.42. The lowest BCUT2D eigenvalue weighted by Crippen LogP contribution is -2.38. The molecule has 0 spiro atoms. The summed E-state index contributed by atoms with van der Waals surface area (Å²) in [4.78, 5) is 19.6. The van der Waals surface area contributed by atoms with Gasteiger partial charge in [-0.15, -0.1) is 0 Å². The minimum Gasteiger partial charge on any atom is -0.339 e. The smallest absolute Gasteiger partial charge is 0.253 e. The van der Waals surface area contributed by atoms with Crippen LogP contribution in [-0.4, -0.2) is 60.3 Å². The van der Waals surface area contributed by atoms with Crippen LogP contribution in [0.25, 0.3) is 0 Å². The minimum absolute atomic E-state index is 0.0110. The molecule has 0 aromatic heterocycles. The number of aliphatic imine (C=N–C) groups is 1. The number of sulfone groups is 1. The third-order valence-electron chi connectivity index (χ3n) is 6.54. The molecule has 174 valence electrons. The first kappa shape index (κ1) is 22.7. The van der Waals surface area contributed by atoms with Crippen LogP contribution in [0.3, 0.4) is 0 Å². The van der Waals surface area contributed by atoms with Crippen LogP contribution in [0.15, 0.2) is 53.5 Å². The number of likely N-dealkylation sites (tertiary alicyclic amines) is 1. The molecule has 6 nitrogen and oxygen atoms in total. The zero-order valence-corrected chi connectivity index (χ0v) is 20.5. The molecule has 2 aromatic rings. The summed E-state index contributed by atoms with van der Waals surface area (Å²) in [7, 11) is -2.99. The summed E-state index contributed by atoms with van der Waals surface area (Å²) in [5.74, 6) is 0.864. The van der Waals surface area contributed by atoms with Gasteiger partial charge in [0, 0.05) is 23.9 Å². The molecule has 2 atom stereocenters. The average Bonchev–Trinajstić information content (AvgIpc) is 3.28. The molecule has 1 amide bonds. The number of hydrogen-bond acceptors (Lipinski definition) is 6. The van der Waals surface area contributed by atoms with E-state index < -0.39 is 9.84 Å². The monoisotopic (exact) mass is 503 g/mol. The fourth-order valence-corrected chi connectivity index (χ4v) is 8.59. The summed E-state index contributed by atoms with van der Waals surface area (Å²) < 4.78 is 23.6. The lowest BCUT2D eigenvalue weighted by atomic mass is 9.90. The van der Waals surface area contributed by atoms with Gasteiger partial charge < -0.3 is 10.2 Å². The number of amides is 1. The number of amidine groups is 1. The number of carbonyl (C=O) groups excluding carboxylic acids is 1. The van der Waals surface area contributed by atoms with Crippen molar-refractivity contribution in [3.8, 4) is 0 Å². The van der Waals surface area contributed by atoms with Crippen LogP contribution >= 0.6 is 23.4 Å². The first-order valence-electron chi connectivity index (χ1n) is 11.2. The fraction of sp³-hybridized carbons (Fsp3) is 0.417. The number of piperidine rings is 1. The molecule has 2 fully saturated rings. The molecule has 3 aliphatic rings. The minimum atomic E-state index is -2.99. The van der Waals surface area contributed by atoms with Gasteiger partial charge in [-0.2, -0.15) is 0 Å². The van der Waals surface area contributed by atoms with E-state index in [2.05, 4.69) is 34.6 Å². The van der Waals surface area contributed by atoms with E-state index in [0.29, 0.717) is 27.4 Å². The topological polar surface area (TPSA) is 78.8 Å². The number of carbonyl (C=O) groups is 1. The standard InChI is InChI=1S/C24H26ClN3O3S2/c25-19-7-6-18(13-20(19)26-24-27-21-14-33(30,31)15-22(21)32-24)23(29)28-10-8-17(9-11-28)12-16-4-2-1-3-5-16/h1-7,13,17,21-22H,8-12,14-15H2,(H,26,27)/t21-,22+/m0/s1. The van der Waals surface area contributed by atoms with Gasteiger partial charge >= 0.3 is 0 Å². The molecule has 2 aromatic carbocycles. The number of nitrogens with one attached hydrogen (secondary N) is 1. The predicted octanol–water partition coefficient (Wildman–Crippen LogP) is 4.12. The molecule has 0 radical (unpaired) electrons. The van der Waals surface area contributed by atoms with Crippen molar-refractivity contribution in [3.63, 3.8) is 0 Å². The van der Waals surface area contributed by atoms with E-state index in [0.717, 1.165) is 32.4 Å². The van der Waals surface area contributed by atoms with Gasteiger partial charge in [-0.3, -0.25) is 9.79 Å². The summed E-state index contributed by atoms with van der Waals surface area (Å²) in [6.07, 6.45) is 3.05. The van der Waals surface area contributed by atoms with E-state index in [9.17, 15) is 13.2 Å². The molecule has 33 heavy (non-hydrogen) atoms. The summed E-state index contributed by atoms with van der Waals surface area (Å²) in [6, 6.07) is 15.6. The van der Waals surface area contributed by atoms with Gasteiger partial charge in [-0.1, -0.05) is 53.7 Å². The molecule has 0 bridgehead atoms. The Morgan fingerprint density at radius 2 is 1.88 bits per heavy atom. The van der Waals surface area contributed by atoms with Crippen LogP contribution in [0.5, 0.6) is 0 Å². The second-order valence-electron chi connectivity index (χ2n) is 8.98. The van der Waals surface area contributed by atoms with E-state index in [1.165, 1.54) is 17.3 Å². The number of halogens is 1. The Bertz CT molecular complexity index is 1180. The highest BCUT2D eigenvalue weighted by molar-refractivity contribution is 8.15. The van der Waals surface area contributed by atoms with Crippen molar-refractivity contribution in [2.24, 2.45) is 10.9 Å². The van der Waals surface area contributed by atoms with Crippen molar-refractivity contribution in [3.05, 3.63) is 64.7 Å². The second-order valence-corrected chi connectivity index (χ2v) is 12.8. The maximum atomic E-state index is 13.1. The molecule has 0 unspecified atom stereocenters. The third kappa shape index (κ3) is 5.23. The largest absolute Gasteiger partial charge is 0.339 e. The van der Waals surface area contributed by atoms with Crippen molar-refractivity contribution in [2.45, 2.75) is 30.6 Å². The van der Waals surface area contributed by atoms with Crippen LogP contribution in [0.2, 0.25) is 5.02 Å². The Morgan fingerprint density at radius 1 is 1.12 bits per heavy atom. The molecule has 0 saturated carbocycles. The van der Waals surface area contributed by atoms with E-state index in [1.54, 1.807) is 18.2 Å². The van der Waals surface area contributed by atoms with Crippen molar-refractivity contribution in [2.75, 3.05) is 29.9 Å². The number of nitrogens with zero attached hydrogens (tertiary/aromatic N) is 2. The number of anilines is 1. The molecule has 3 heterocycles. The summed E-state index contributed by atoms with van der Waals surface area (Å²) in [5.41, 5.74) is 2.57. The van der Waals surface area contributed by atoms with Crippen molar-refractivity contribution in [1.29, 1.82) is 0 Å². The van der Waals surface area contributed by atoms with Crippen LogP contribution in [0.4, 0.5) is 5.69 Å². The molecule has 2 saturated heterocycles. The first-order valence-corrected chi connectivity index (χ1v) is 14.3. The molecule has 5 rings (SSSR count). The quantitative estimate of drug-likeness (QED) is 0.679. The van der Waals surface area contributed by atoms with Crippen LogP contribution < -0.4 is 5.32 Å². The molecule has 3 aliphatic heterocycles. The lowest BCUT2D eigenvalue weighted by molar-refractivity contribution is 0.0690. The number of benzene rings is 2. The summed E-state index contributed by atoms with van der Waals surface area (Å²) >= 11 is 7.82. The van der Waals surface area contributed by atoms with Gasteiger partial charge in [0.2, 0.25) is 0 Å². The van der Waals surface area contributed by atoms with Gasteiger partial charge in [0.25, 0.3) is 5.91 Å². The average molecular weight is 504 g/mol. The lowest BCUT2D eigenvalue weighted by Gasteiger charge is -2.32. The van der Waals surface area contributed by atoms with Gasteiger partial charge in [0.15, 0.2) is 15.0 Å².